The second-order valence-corrected chi connectivity index (χ2v) is 5.19. The first-order valence-electron chi connectivity index (χ1n) is 7.80. The second-order valence-electron chi connectivity index (χ2n) is 5.19. The average Bonchev–Trinajstić information content (AvgIpc) is 2.65. The van der Waals surface area contributed by atoms with Crippen molar-refractivity contribution in [2.75, 3.05) is 13.2 Å². The van der Waals surface area contributed by atoms with Gasteiger partial charge in [-0.15, -0.1) is 0 Å². The maximum atomic E-state index is 10.9. The van der Waals surface area contributed by atoms with E-state index in [1.165, 1.54) is 0 Å². The molecule has 4 nitrogen and oxygen atoms in total. The molecule has 0 spiro atoms. The fourth-order valence-electron chi connectivity index (χ4n) is 2.12. The first-order chi connectivity index (χ1) is 11.7. The van der Waals surface area contributed by atoms with Crippen molar-refractivity contribution in [2.24, 2.45) is 0 Å². The Morgan fingerprint density at radius 3 is 2.08 bits per heavy atom. The first kappa shape index (κ1) is 17.5. The molecule has 0 atom stereocenters. The van der Waals surface area contributed by atoms with Gasteiger partial charge in [-0.05, 0) is 36.1 Å². The Bertz CT molecular complexity index is 672. The van der Waals surface area contributed by atoms with Crippen molar-refractivity contribution in [3.63, 3.8) is 0 Å². The van der Waals surface area contributed by atoms with Gasteiger partial charge in [0.25, 0.3) is 0 Å². The Balaban J connectivity index is 1.76. The van der Waals surface area contributed by atoms with Crippen LogP contribution < -0.4 is 4.74 Å². The Labute approximate surface area is 141 Å². The smallest absolute Gasteiger partial charge is 0.330 e. The molecule has 0 aliphatic rings. The summed E-state index contributed by atoms with van der Waals surface area (Å²) in [5.41, 5.74) is 2.78. The molecule has 4 heteroatoms. The molecule has 0 bridgehead atoms. The molecule has 0 saturated heterocycles. The molecule has 0 radical (unpaired) electrons. The molecule has 124 valence electrons. The molecule has 0 aliphatic heterocycles. The number of aldehydes is 1. The van der Waals surface area contributed by atoms with E-state index < -0.39 is 5.97 Å². The maximum Gasteiger partial charge on any atom is 0.330 e. The molecule has 0 heterocycles. The monoisotopic (exact) mass is 324 g/mol. The molecular weight excluding hydrogens is 304 g/mol. The summed E-state index contributed by atoms with van der Waals surface area (Å²) >= 11 is 0. The minimum Gasteiger partial charge on any atom is -0.494 e. The summed E-state index contributed by atoms with van der Waals surface area (Å²) in [5, 5.41) is 0. The molecule has 0 N–H and O–H groups in total. The van der Waals surface area contributed by atoms with Crippen LogP contribution in [0.25, 0.3) is 11.1 Å². The molecular formula is C20H20O4. The van der Waals surface area contributed by atoms with Gasteiger partial charge in [-0.3, -0.25) is 4.79 Å². The zero-order valence-electron chi connectivity index (χ0n) is 13.4. The highest BCUT2D eigenvalue weighted by atomic mass is 16.5. The summed E-state index contributed by atoms with van der Waals surface area (Å²) in [6, 6.07) is 15.2. The van der Waals surface area contributed by atoms with Gasteiger partial charge < -0.3 is 9.47 Å². The summed E-state index contributed by atoms with van der Waals surface area (Å²) < 4.78 is 10.6. The predicted molar refractivity (Wildman–Crippen MR) is 93.2 cm³/mol. The van der Waals surface area contributed by atoms with Crippen molar-refractivity contribution >= 4 is 12.3 Å². The fourth-order valence-corrected chi connectivity index (χ4v) is 2.12. The summed E-state index contributed by atoms with van der Waals surface area (Å²) in [7, 11) is 0. The Morgan fingerprint density at radius 1 is 0.917 bits per heavy atom. The fraction of sp³-hybridized carbons (Fsp3) is 0.200. The van der Waals surface area contributed by atoms with Crippen molar-refractivity contribution in [3.05, 3.63) is 66.7 Å². The van der Waals surface area contributed by atoms with E-state index in [1.807, 2.05) is 36.4 Å². The molecule has 2 aromatic carbocycles. The summed E-state index contributed by atoms with van der Waals surface area (Å²) in [6.07, 6.45) is 3.55. The lowest BCUT2D eigenvalue weighted by atomic mass is 10.0. The lowest BCUT2D eigenvalue weighted by Gasteiger charge is -2.08. The Morgan fingerprint density at radius 2 is 1.50 bits per heavy atom. The normalized spacial score (nSPS) is 10.0. The van der Waals surface area contributed by atoms with Crippen LogP contribution in [0.15, 0.2) is 61.2 Å². The minimum atomic E-state index is -0.396. The maximum absolute atomic E-state index is 10.9. The number of hydrogen-bond acceptors (Lipinski definition) is 4. The third kappa shape index (κ3) is 5.39. The SMILES string of the molecule is C=CC(=O)OCCCCOc1ccc(-c2ccc(C=O)cc2)cc1. The van der Waals surface area contributed by atoms with Gasteiger partial charge in [0.1, 0.15) is 12.0 Å². The summed E-state index contributed by atoms with van der Waals surface area (Å²) in [6.45, 7) is 4.29. The van der Waals surface area contributed by atoms with Crippen LogP contribution in [0.5, 0.6) is 5.75 Å². The van der Waals surface area contributed by atoms with Crippen molar-refractivity contribution < 1.29 is 19.1 Å². The van der Waals surface area contributed by atoms with Gasteiger partial charge in [-0.1, -0.05) is 43.0 Å². The molecule has 24 heavy (non-hydrogen) atoms. The molecule has 0 unspecified atom stereocenters. The van der Waals surface area contributed by atoms with Gasteiger partial charge >= 0.3 is 5.97 Å². The molecule has 0 saturated carbocycles. The van der Waals surface area contributed by atoms with Gasteiger partial charge in [0.2, 0.25) is 0 Å². The van der Waals surface area contributed by atoms with Gasteiger partial charge in [-0.2, -0.15) is 0 Å². The minimum absolute atomic E-state index is 0.379. The van der Waals surface area contributed by atoms with Crippen LogP contribution in [0.4, 0.5) is 0 Å². The van der Waals surface area contributed by atoms with Gasteiger partial charge in [0.15, 0.2) is 0 Å². The number of unbranched alkanes of at least 4 members (excludes halogenated alkanes) is 1. The van der Waals surface area contributed by atoms with Gasteiger partial charge in [0.05, 0.1) is 13.2 Å². The van der Waals surface area contributed by atoms with Crippen LogP contribution in [0.2, 0.25) is 0 Å². The Kier molecular flexibility index (Phi) is 6.77. The summed E-state index contributed by atoms with van der Waals surface area (Å²) in [4.78, 5) is 21.5. The number of carbonyl (C=O) groups excluding carboxylic acids is 2. The van der Waals surface area contributed by atoms with Crippen LogP contribution in [0.3, 0.4) is 0 Å². The van der Waals surface area contributed by atoms with Crippen LogP contribution in [-0.2, 0) is 9.53 Å². The molecule has 0 amide bonds. The highest BCUT2D eigenvalue weighted by Gasteiger charge is 2.00. The lowest BCUT2D eigenvalue weighted by molar-refractivity contribution is -0.137. The summed E-state index contributed by atoms with van der Waals surface area (Å²) in [5.74, 6) is 0.402. The average molecular weight is 324 g/mol. The zero-order valence-corrected chi connectivity index (χ0v) is 13.4. The van der Waals surface area contributed by atoms with E-state index in [0.29, 0.717) is 18.8 Å². The second kappa shape index (κ2) is 9.30. The van der Waals surface area contributed by atoms with E-state index >= 15 is 0 Å². The Hall–Kier alpha value is -2.88. The first-order valence-corrected chi connectivity index (χ1v) is 7.80. The molecule has 0 aromatic heterocycles. The van der Waals surface area contributed by atoms with Crippen LogP contribution >= 0.6 is 0 Å². The van der Waals surface area contributed by atoms with Gasteiger partial charge in [0, 0.05) is 11.6 Å². The molecule has 2 rings (SSSR count). The quantitative estimate of drug-likeness (QED) is 0.302. The van der Waals surface area contributed by atoms with Crippen molar-refractivity contribution in [1.82, 2.24) is 0 Å². The van der Waals surface area contributed by atoms with Crippen LogP contribution in [0.1, 0.15) is 23.2 Å². The number of benzene rings is 2. The van der Waals surface area contributed by atoms with E-state index in [1.54, 1.807) is 12.1 Å². The van der Waals surface area contributed by atoms with E-state index in [4.69, 9.17) is 9.47 Å². The standard InChI is InChI=1S/C20H20O4/c1-2-20(22)24-14-4-3-13-23-19-11-9-18(10-12-19)17-7-5-16(15-21)6-8-17/h2,5-12,15H,1,3-4,13-14H2. The van der Waals surface area contributed by atoms with Crippen molar-refractivity contribution in [1.29, 1.82) is 0 Å². The van der Waals surface area contributed by atoms with E-state index in [-0.39, 0.29) is 0 Å². The third-order valence-corrected chi connectivity index (χ3v) is 3.45. The number of ether oxygens (including phenoxy) is 2. The number of rotatable bonds is 9. The van der Waals surface area contributed by atoms with E-state index in [2.05, 4.69) is 6.58 Å². The molecule has 0 aliphatic carbocycles. The highest BCUT2D eigenvalue weighted by Crippen LogP contribution is 2.22. The van der Waals surface area contributed by atoms with E-state index in [9.17, 15) is 9.59 Å². The lowest BCUT2D eigenvalue weighted by Crippen LogP contribution is -2.04. The number of carbonyl (C=O) groups is 2. The van der Waals surface area contributed by atoms with Crippen LogP contribution in [0, 0.1) is 0 Å². The van der Waals surface area contributed by atoms with Gasteiger partial charge in [-0.25, -0.2) is 4.79 Å². The van der Waals surface area contributed by atoms with E-state index in [0.717, 1.165) is 42.1 Å². The van der Waals surface area contributed by atoms with Crippen molar-refractivity contribution in [2.45, 2.75) is 12.8 Å². The largest absolute Gasteiger partial charge is 0.494 e. The van der Waals surface area contributed by atoms with Crippen LogP contribution in [-0.4, -0.2) is 25.5 Å². The molecule has 0 fully saturated rings. The topological polar surface area (TPSA) is 52.6 Å². The number of esters is 1. The third-order valence-electron chi connectivity index (χ3n) is 3.45. The predicted octanol–water partition coefficient (Wildman–Crippen LogP) is 4.05. The zero-order chi connectivity index (χ0) is 17.2. The molecule has 2 aromatic rings. The highest BCUT2D eigenvalue weighted by molar-refractivity contribution is 5.81. The van der Waals surface area contributed by atoms with Crippen molar-refractivity contribution in [3.8, 4) is 16.9 Å². The number of hydrogen-bond donors (Lipinski definition) is 0.